The molecule has 2 rings (SSSR count). The molecule has 4 nitrogen and oxygen atoms in total. The van der Waals surface area contributed by atoms with Crippen LogP contribution in [-0.4, -0.2) is 27.9 Å². The SMILES string of the molecule is COc1cc2c(c(OC)c1OC)C=CC2CN. The maximum atomic E-state index is 5.74. The largest absolute Gasteiger partial charge is 0.493 e. The van der Waals surface area contributed by atoms with Gasteiger partial charge >= 0.3 is 0 Å². The van der Waals surface area contributed by atoms with Crippen molar-refractivity contribution < 1.29 is 14.2 Å². The number of methoxy groups -OCH3 is 3. The zero-order valence-electron chi connectivity index (χ0n) is 10.3. The lowest BCUT2D eigenvalue weighted by molar-refractivity contribution is 0.323. The predicted molar refractivity (Wildman–Crippen MR) is 66.9 cm³/mol. The average molecular weight is 235 g/mol. The predicted octanol–water partition coefficient (Wildman–Crippen LogP) is 1.78. The van der Waals surface area contributed by atoms with Crippen molar-refractivity contribution in [2.45, 2.75) is 5.92 Å². The molecule has 1 aliphatic rings. The zero-order valence-corrected chi connectivity index (χ0v) is 10.3. The van der Waals surface area contributed by atoms with Gasteiger partial charge in [0.1, 0.15) is 0 Å². The molecule has 0 amide bonds. The molecule has 0 saturated heterocycles. The van der Waals surface area contributed by atoms with Crippen molar-refractivity contribution in [3.05, 3.63) is 23.3 Å². The van der Waals surface area contributed by atoms with Crippen LogP contribution in [0.15, 0.2) is 12.1 Å². The molecule has 0 spiro atoms. The second-order valence-electron chi connectivity index (χ2n) is 3.85. The lowest BCUT2D eigenvalue weighted by Gasteiger charge is -2.17. The third-order valence-corrected chi connectivity index (χ3v) is 3.05. The summed E-state index contributed by atoms with van der Waals surface area (Å²) < 4.78 is 16.1. The Kier molecular flexibility index (Phi) is 3.24. The minimum absolute atomic E-state index is 0.221. The van der Waals surface area contributed by atoms with Crippen LogP contribution < -0.4 is 19.9 Å². The lowest BCUT2D eigenvalue weighted by Crippen LogP contribution is -2.09. The summed E-state index contributed by atoms with van der Waals surface area (Å²) in [4.78, 5) is 0. The van der Waals surface area contributed by atoms with Gasteiger partial charge in [0.15, 0.2) is 11.5 Å². The quantitative estimate of drug-likeness (QED) is 0.864. The molecule has 1 aromatic rings. The number of ether oxygens (including phenoxy) is 3. The van der Waals surface area contributed by atoms with E-state index in [2.05, 4.69) is 6.08 Å². The van der Waals surface area contributed by atoms with Crippen molar-refractivity contribution >= 4 is 6.08 Å². The van der Waals surface area contributed by atoms with E-state index < -0.39 is 0 Å². The molecule has 0 bridgehead atoms. The van der Waals surface area contributed by atoms with Crippen molar-refractivity contribution in [2.24, 2.45) is 5.73 Å². The van der Waals surface area contributed by atoms with Gasteiger partial charge in [-0.15, -0.1) is 0 Å². The van der Waals surface area contributed by atoms with Crippen LogP contribution in [0.2, 0.25) is 0 Å². The summed E-state index contributed by atoms with van der Waals surface area (Å²) in [6, 6.07) is 1.97. The van der Waals surface area contributed by atoms with Crippen molar-refractivity contribution in [1.82, 2.24) is 0 Å². The van der Waals surface area contributed by atoms with E-state index in [0.29, 0.717) is 23.8 Å². The Morgan fingerprint density at radius 2 is 1.82 bits per heavy atom. The topological polar surface area (TPSA) is 53.7 Å². The summed E-state index contributed by atoms with van der Waals surface area (Å²) >= 11 is 0. The Morgan fingerprint density at radius 1 is 1.12 bits per heavy atom. The normalized spacial score (nSPS) is 16.8. The number of fused-ring (bicyclic) bond motifs is 1. The Morgan fingerprint density at radius 3 is 2.35 bits per heavy atom. The van der Waals surface area contributed by atoms with Crippen molar-refractivity contribution in [3.8, 4) is 17.2 Å². The smallest absolute Gasteiger partial charge is 0.203 e. The molecule has 4 heteroatoms. The van der Waals surface area contributed by atoms with Crippen LogP contribution in [-0.2, 0) is 0 Å². The molecule has 92 valence electrons. The molecule has 0 heterocycles. The number of nitrogens with two attached hydrogens (primary N) is 1. The van der Waals surface area contributed by atoms with Gasteiger partial charge in [-0.1, -0.05) is 12.2 Å². The Balaban J connectivity index is 2.63. The number of rotatable bonds is 4. The molecule has 0 aromatic heterocycles. The molecule has 1 aromatic carbocycles. The first-order valence-corrected chi connectivity index (χ1v) is 5.47. The summed E-state index contributed by atoms with van der Waals surface area (Å²) in [5, 5.41) is 0. The standard InChI is InChI=1S/C13H17NO3/c1-15-11-6-10-8(7-14)4-5-9(10)12(16-2)13(11)17-3/h4-6,8H,7,14H2,1-3H3. The van der Waals surface area contributed by atoms with Crippen molar-refractivity contribution in [3.63, 3.8) is 0 Å². The highest BCUT2D eigenvalue weighted by atomic mass is 16.5. The Labute approximate surface area is 101 Å². The highest BCUT2D eigenvalue weighted by molar-refractivity contribution is 5.74. The van der Waals surface area contributed by atoms with Gasteiger partial charge in [0, 0.05) is 18.0 Å². The average Bonchev–Trinajstić information content (AvgIpc) is 2.78. The molecule has 1 atom stereocenters. The van der Waals surface area contributed by atoms with Gasteiger partial charge in [-0.25, -0.2) is 0 Å². The third-order valence-electron chi connectivity index (χ3n) is 3.05. The maximum absolute atomic E-state index is 5.74. The second kappa shape index (κ2) is 4.67. The van der Waals surface area contributed by atoms with Gasteiger partial charge in [-0.3, -0.25) is 0 Å². The fourth-order valence-electron chi connectivity index (χ4n) is 2.20. The molecule has 17 heavy (non-hydrogen) atoms. The summed E-state index contributed by atoms with van der Waals surface area (Å²) in [5.74, 6) is 2.22. The van der Waals surface area contributed by atoms with E-state index in [1.54, 1.807) is 21.3 Å². The summed E-state index contributed by atoms with van der Waals surface area (Å²) in [5.41, 5.74) is 7.89. The van der Waals surface area contributed by atoms with Crippen LogP contribution in [0.3, 0.4) is 0 Å². The minimum Gasteiger partial charge on any atom is -0.493 e. The second-order valence-corrected chi connectivity index (χ2v) is 3.85. The minimum atomic E-state index is 0.221. The number of hydrogen-bond acceptors (Lipinski definition) is 4. The molecule has 0 saturated carbocycles. The molecule has 1 unspecified atom stereocenters. The van der Waals surface area contributed by atoms with E-state index in [1.807, 2.05) is 12.1 Å². The van der Waals surface area contributed by atoms with Crippen LogP contribution >= 0.6 is 0 Å². The number of benzene rings is 1. The highest BCUT2D eigenvalue weighted by Crippen LogP contribution is 2.47. The fourth-order valence-corrected chi connectivity index (χ4v) is 2.20. The molecule has 0 fully saturated rings. The molecular weight excluding hydrogens is 218 g/mol. The van der Waals surface area contributed by atoms with Gasteiger partial charge < -0.3 is 19.9 Å². The van der Waals surface area contributed by atoms with Crippen molar-refractivity contribution in [2.75, 3.05) is 27.9 Å². The van der Waals surface area contributed by atoms with Gasteiger partial charge in [0.05, 0.1) is 21.3 Å². The summed E-state index contributed by atoms with van der Waals surface area (Å²) in [7, 11) is 4.84. The van der Waals surface area contributed by atoms with Crippen LogP contribution in [0.5, 0.6) is 17.2 Å². The first kappa shape index (κ1) is 11.8. The van der Waals surface area contributed by atoms with Crippen LogP contribution in [0.1, 0.15) is 17.0 Å². The Hall–Kier alpha value is -1.68. The maximum Gasteiger partial charge on any atom is 0.203 e. The monoisotopic (exact) mass is 235 g/mol. The molecule has 0 radical (unpaired) electrons. The van der Waals surface area contributed by atoms with E-state index in [1.165, 1.54) is 0 Å². The molecule has 1 aliphatic carbocycles. The van der Waals surface area contributed by atoms with Gasteiger partial charge in [-0.2, -0.15) is 0 Å². The lowest BCUT2D eigenvalue weighted by atomic mass is 9.99. The third kappa shape index (κ3) is 1.74. The van der Waals surface area contributed by atoms with E-state index in [0.717, 1.165) is 11.1 Å². The van der Waals surface area contributed by atoms with E-state index >= 15 is 0 Å². The van der Waals surface area contributed by atoms with Gasteiger partial charge in [-0.05, 0) is 11.6 Å². The molecule has 2 N–H and O–H groups in total. The molecular formula is C13H17NO3. The van der Waals surface area contributed by atoms with Gasteiger partial charge in [0.2, 0.25) is 5.75 Å². The van der Waals surface area contributed by atoms with Crippen LogP contribution in [0, 0.1) is 0 Å². The molecule has 0 aliphatic heterocycles. The Bertz CT molecular complexity index is 454. The fraction of sp³-hybridized carbons (Fsp3) is 0.385. The van der Waals surface area contributed by atoms with Crippen molar-refractivity contribution in [1.29, 1.82) is 0 Å². The van der Waals surface area contributed by atoms with Gasteiger partial charge in [0.25, 0.3) is 0 Å². The first-order valence-electron chi connectivity index (χ1n) is 5.47. The van der Waals surface area contributed by atoms with Crippen LogP contribution in [0.25, 0.3) is 6.08 Å². The van der Waals surface area contributed by atoms with E-state index in [9.17, 15) is 0 Å². The van der Waals surface area contributed by atoms with E-state index in [-0.39, 0.29) is 5.92 Å². The summed E-state index contributed by atoms with van der Waals surface area (Å²) in [6.07, 6.45) is 4.10. The summed E-state index contributed by atoms with van der Waals surface area (Å²) in [6.45, 7) is 0.572. The van der Waals surface area contributed by atoms with E-state index in [4.69, 9.17) is 19.9 Å². The highest BCUT2D eigenvalue weighted by Gasteiger charge is 2.25. The number of hydrogen-bond donors (Lipinski definition) is 1. The zero-order chi connectivity index (χ0) is 12.4. The first-order chi connectivity index (χ1) is 8.26. The van der Waals surface area contributed by atoms with Crippen LogP contribution in [0.4, 0.5) is 0 Å².